The van der Waals surface area contributed by atoms with Gasteiger partial charge in [-0.25, -0.2) is 0 Å². The third kappa shape index (κ3) is 0.752. The van der Waals surface area contributed by atoms with Gasteiger partial charge < -0.3 is 4.74 Å². The zero-order chi connectivity index (χ0) is 8.28. The fourth-order valence-electron chi connectivity index (χ4n) is 2.83. The monoisotopic (exact) mass is 154 g/mol. The fourth-order valence-corrected chi connectivity index (χ4v) is 2.83. The van der Waals surface area contributed by atoms with Gasteiger partial charge in [-0.15, -0.1) is 0 Å². The minimum atomic E-state index is 0.203. The van der Waals surface area contributed by atoms with Crippen LogP contribution in [0.2, 0.25) is 0 Å². The molecule has 0 N–H and O–H groups in total. The summed E-state index contributed by atoms with van der Waals surface area (Å²) in [6, 6.07) is 0. The number of hydrogen-bond acceptors (Lipinski definition) is 1. The molecule has 0 aromatic rings. The molecular weight excluding hydrogens is 136 g/mol. The van der Waals surface area contributed by atoms with Crippen LogP contribution in [0.4, 0.5) is 0 Å². The first-order valence-corrected chi connectivity index (χ1v) is 4.68. The van der Waals surface area contributed by atoms with E-state index in [4.69, 9.17) is 4.74 Å². The fraction of sp³-hybridized carbons (Fsp3) is 1.00. The summed E-state index contributed by atoms with van der Waals surface area (Å²) >= 11 is 0. The molecule has 2 fully saturated rings. The van der Waals surface area contributed by atoms with Crippen LogP contribution in [0.5, 0.6) is 0 Å². The highest BCUT2D eigenvalue weighted by atomic mass is 16.5. The van der Waals surface area contributed by atoms with Crippen LogP contribution in [0.15, 0.2) is 0 Å². The topological polar surface area (TPSA) is 9.23 Å². The molecule has 2 aliphatic rings. The molecule has 2 heterocycles. The summed E-state index contributed by atoms with van der Waals surface area (Å²) < 4.78 is 6.07. The Kier molecular flexibility index (Phi) is 1.26. The number of hydrogen-bond donors (Lipinski definition) is 0. The predicted octanol–water partition coefficient (Wildman–Crippen LogP) is 2.60. The van der Waals surface area contributed by atoms with Crippen molar-refractivity contribution in [1.29, 1.82) is 0 Å². The first kappa shape index (κ1) is 7.60. The van der Waals surface area contributed by atoms with E-state index in [-0.39, 0.29) is 11.2 Å². The van der Waals surface area contributed by atoms with E-state index in [1.807, 2.05) is 0 Å². The van der Waals surface area contributed by atoms with Crippen molar-refractivity contribution in [2.75, 3.05) is 0 Å². The lowest BCUT2D eigenvalue weighted by Crippen LogP contribution is -2.34. The highest BCUT2D eigenvalue weighted by Crippen LogP contribution is 2.56. The van der Waals surface area contributed by atoms with Crippen molar-refractivity contribution < 1.29 is 4.74 Å². The van der Waals surface area contributed by atoms with Crippen molar-refractivity contribution in [1.82, 2.24) is 0 Å². The highest BCUT2D eigenvalue weighted by molar-refractivity contribution is 5.07. The van der Waals surface area contributed by atoms with Crippen LogP contribution >= 0.6 is 0 Å². The quantitative estimate of drug-likeness (QED) is 0.521. The van der Waals surface area contributed by atoms with Gasteiger partial charge in [-0.2, -0.15) is 0 Å². The summed E-state index contributed by atoms with van der Waals surface area (Å²) in [5.41, 5.74) is 0.405. The maximum Gasteiger partial charge on any atom is 0.0692 e. The zero-order valence-corrected chi connectivity index (χ0v) is 7.98. The lowest BCUT2D eigenvalue weighted by atomic mass is 9.69. The van der Waals surface area contributed by atoms with Crippen molar-refractivity contribution in [2.45, 2.75) is 51.7 Å². The van der Waals surface area contributed by atoms with E-state index in [2.05, 4.69) is 27.7 Å². The van der Waals surface area contributed by atoms with E-state index in [0.717, 1.165) is 11.8 Å². The Balaban J connectivity index is 2.34. The van der Waals surface area contributed by atoms with Crippen LogP contribution in [0.1, 0.15) is 40.5 Å². The van der Waals surface area contributed by atoms with Gasteiger partial charge >= 0.3 is 0 Å². The van der Waals surface area contributed by atoms with E-state index >= 15 is 0 Å². The van der Waals surface area contributed by atoms with Crippen LogP contribution in [-0.2, 0) is 4.74 Å². The van der Waals surface area contributed by atoms with Crippen molar-refractivity contribution in [2.24, 2.45) is 11.8 Å². The summed E-state index contributed by atoms with van der Waals surface area (Å²) in [7, 11) is 0. The Morgan fingerprint density at radius 3 is 1.55 bits per heavy atom. The Bertz CT molecular complexity index is 169. The lowest BCUT2D eigenvalue weighted by Gasteiger charge is -2.31. The first-order valence-electron chi connectivity index (χ1n) is 4.68. The maximum absolute atomic E-state index is 6.07. The van der Waals surface area contributed by atoms with E-state index < -0.39 is 0 Å². The molecule has 0 aromatic carbocycles. The van der Waals surface area contributed by atoms with Crippen LogP contribution in [0.3, 0.4) is 0 Å². The van der Waals surface area contributed by atoms with E-state index in [0.29, 0.717) is 0 Å². The molecule has 2 bridgehead atoms. The van der Waals surface area contributed by atoms with Gasteiger partial charge in [0.15, 0.2) is 0 Å². The Morgan fingerprint density at radius 2 is 1.36 bits per heavy atom. The summed E-state index contributed by atoms with van der Waals surface area (Å²) in [4.78, 5) is 0. The second kappa shape index (κ2) is 1.82. The molecule has 0 amide bonds. The Morgan fingerprint density at radius 1 is 1.00 bits per heavy atom. The van der Waals surface area contributed by atoms with E-state index in [9.17, 15) is 0 Å². The summed E-state index contributed by atoms with van der Waals surface area (Å²) in [5.74, 6) is 1.47. The third-order valence-corrected chi connectivity index (χ3v) is 4.26. The first-order chi connectivity index (χ1) is 4.98. The van der Waals surface area contributed by atoms with Gasteiger partial charge in [-0.1, -0.05) is 13.8 Å². The smallest absolute Gasteiger partial charge is 0.0692 e. The Labute approximate surface area is 69.1 Å². The summed E-state index contributed by atoms with van der Waals surface area (Å²) in [6.07, 6.45) is 2.52. The molecule has 0 radical (unpaired) electrons. The van der Waals surface area contributed by atoms with Crippen molar-refractivity contribution in [3.63, 3.8) is 0 Å². The number of ether oxygens (including phenoxy) is 1. The molecule has 0 saturated carbocycles. The predicted molar refractivity (Wildman–Crippen MR) is 45.5 cm³/mol. The third-order valence-electron chi connectivity index (χ3n) is 4.26. The van der Waals surface area contributed by atoms with Crippen LogP contribution in [0, 0.1) is 11.8 Å². The maximum atomic E-state index is 6.07. The van der Waals surface area contributed by atoms with Crippen LogP contribution in [0.25, 0.3) is 0 Å². The molecule has 0 spiro atoms. The van der Waals surface area contributed by atoms with E-state index in [1.165, 1.54) is 12.8 Å². The molecule has 4 unspecified atom stereocenters. The molecule has 4 atom stereocenters. The number of fused-ring (bicyclic) bond motifs is 2. The zero-order valence-electron chi connectivity index (χ0n) is 7.98. The van der Waals surface area contributed by atoms with Gasteiger partial charge in [0.05, 0.1) is 11.2 Å². The van der Waals surface area contributed by atoms with E-state index in [1.54, 1.807) is 0 Å². The summed E-state index contributed by atoms with van der Waals surface area (Å²) in [5, 5.41) is 0. The summed E-state index contributed by atoms with van der Waals surface area (Å²) in [6.45, 7) is 9.20. The molecule has 0 aromatic heterocycles. The SMILES string of the molecule is CC1C(C)C2(C)CCC1(C)O2. The normalized spacial score (nSPS) is 62.2. The lowest BCUT2D eigenvalue weighted by molar-refractivity contribution is -0.0411. The molecular formula is C10H18O. The number of rotatable bonds is 0. The standard InChI is InChI=1S/C10H18O/c1-7-8(2)10(4)6-5-9(7,3)11-10/h7-8H,5-6H2,1-4H3. The van der Waals surface area contributed by atoms with Gasteiger partial charge in [0, 0.05) is 0 Å². The van der Waals surface area contributed by atoms with Crippen LogP contribution in [-0.4, -0.2) is 11.2 Å². The molecule has 2 aliphatic heterocycles. The molecule has 64 valence electrons. The van der Waals surface area contributed by atoms with Gasteiger partial charge in [0.2, 0.25) is 0 Å². The molecule has 2 saturated heterocycles. The van der Waals surface area contributed by atoms with Crippen molar-refractivity contribution in [3.05, 3.63) is 0 Å². The molecule has 2 rings (SSSR count). The van der Waals surface area contributed by atoms with Gasteiger partial charge in [0.1, 0.15) is 0 Å². The van der Waals surface area contributed by atoms with Gasteiger partial charge in [-0.3, -0.25) is 0 Å². The van der Waals surface area contributed by atoms with Crippen LogP contribution < -0.4 is 0 Å². The highest BCUT2D eigenvalue weighted by Gasteiger charge is 2.59. The average molecular weight is 154 g/mol. The van der Waals surface area contributed by atoms with Gasteiger partial charge in [0.25, 0.3) is 0 Å². The molecule has 1 heteroatoms. The largest absolute Gasteiger partial charge is 0.369 e. The minimum Gasteiger partial charge on any atom is -0.369 e. The Hall–Kier alpha value is -0.0400. The van der Waals surface area contributed by atoms with Gasteiger partial charge in [-0.05, 0) is 38.5 Å². The molecule has 11 heavy (non-hydrogen) atoms. The second-order valence-corrected chi connectivity index (χ2v) is 4.80. The molecule has 1 nitrogen and oxygen atoms in total. The molecule has 0 aliphatic carbocycles. The van der Waals surface area contributed by atoms with Crippen molar-refractivity contribution in [3.8, 4) is 0 Å². The average Bonchev–Trinajstić information content (AvgIpc) is 2.32. The van der Waals surface area contributed by atoms with Crippen molar-refractivity contribution >= 4 is 0 Å². The second-order valence-electron chi connectivity index (χ2n) is 4.80. The minimum absolute atomic E-state index is 0.203.